The number of aromatic nitrogens is 2. The SMILES string of the molecule is Cc1cc(N=C=S)nn1C. The van der Waals surface area contributed by atoms with E-state index in [0.29, 0.717) is 5.82 Å². The van der Waals surface area contributed by atoms with Crippen LogP contribution in [0.15, 0.2) is 11.1 Å². The molecule has 0 aliphatic rings. The van der Waals surface area contributed by atoms with Crippen LogP contribution in [0.5, 0.6) is 0 Å². The summed E-state index contributed by atoms with van der Waals surface area (Å²) in [6.07, 6.45) is 0. The lowest BCUT2D eigenvalue weighted by molar-refractivity contribution is 0.741. The van der Waals surface area contributed by atoms with Crippen LogP contribution in [0.4, 0.5) is 5.82 Å². The van der Waals surface area contributed by atoms with E-state index in [0.717, 1.165) is 5.69 Å². The molecule has 52 valence electrons. The molecule has 1 heterocycles. The van der Waals surface area contributed by atoms with Crippen molar-refractivity contribution in [3.63, 3.8) is 0 Å². The largest absolute Gasteiger partial charge is 0.271 e. The van der Waals surface area contributed by atoms with Gasteiger partial charge in [-0.15, -0.1) is 0 Å². The first-order valence-electron chi connectivity index (χ1n) is 2.82. The van der Waals surface area contributed by atoms with Crippen LogP contribution < -0.4 is 0 Å². The zero-order chi connectivity index (χ0) is 7.56. The predicted molar refractivity (Wildman–Crippen MR) is 42.6 cm³/mol. The summed E-state index contributed by atoms with van der Waals surface area (Å²) in [6.45, 7) is 1.95. The minimum absolute atomic E-state index is 0.620. The maximum absolute atomic E-state index is 4.42. The van der Waals surface area contributed by atoms with Crippen molar-refractivity contribution in [2.45, 2.75) is 6.92 Å². The minimum atomic E-state index is 0.620. The fourth-order valence-corrected chi connectivity index (χ4v) is 0.737. The molecule has 0 fully saturated rings. The van der Waals surface area contributed by atoms with E-state index in [1.165, 1.54) is 0 Å². The fraction of sp³-hybridized carbons (Fsp3) is 0.333. The van der Waals surface area contributed by atoms with Crippen molar-refractivity contribution < 1.29 is 0 Å². The number of nitrogens with zero attached hydrogens (tertiary/aromatic N) is 3. The molecule has 0 N–H and O–H groups in total. The second-order valence-corrected chi connectivity index (χ2v) is 2.15. The van der Waals surface area contributed by atoms with Gasteiger partial charge in [-0.2, -0.15) is 10.1 Å². The topological polar surface area (TPSA) is 30.2 Å². The Labute approximate surface area is 64.4 Å². The summed E-state index contributed by atoms with van der Waals surface area (Å²) in [4.78, 5) is 3.72. The molecule has 4 heteroatoms. The second kappa shape index (κ2) is 2.73. The first kappa shape index (κ1) is 7.12. The third kappa shape index (κ3) is 1.29. The van der Waals surface area contributed by atoms with Gasteiger partial charge in [0.25, 0.3) is 0 Å². The Bertz CT molecular complexity index is 264. The van der Waals surface area contributed by atoms with Crippen LogP contribution in [0.2, 0.25) is 0 Å². The number of isothiocyanates is 1. The highest BCUT2D eigenvalue weighted by atomic mass is 32.1. The summed E-state index contributed by atoms with van der Waals surface area (Å²) in [7, 11) is 1.86. The van der Waals surface area contributed by atoms with Crippen molar-refractivity contribution in [3.05, 3.63) is 11.8 Å². The Morgan fingerprint density at radius 2 is 2.50 bits per heavy atom. The number of thiocarbonyl (C=S) groups is 1. The molecule has 10 heavy (non-hydrogen) atoms. The maximum atomic E-state index is 4.42. The molecular weight excluding hydrogens is 146 g/mol. The Kier molecular flexibility index (Phi) is 1.94. The third-order valence-corrected chi connectivity index (χ3v) is 1.35. The van der Waals surface area contributed by atoms with Crippen molar-refractivity contribution in [2.75, 3.05) is 0 Å². The number of hydrogen-bond acceptors (Lipinski definition) is 3. The average Bonchev–Trinajstić information content (AvgIpc) is 2.14. The molecule has 3 nitrogen and oxygen atoms in total. The van der Waals surface area contributed by atoms with E-state index in [-0.39, 0.29) is 0 Å². The molecule has 0 saturated carbocycles. The van der Waals surface area contributed by atoms with E-state index in [9.17, 15) is 0 Å². The summed E-state index contributed by atoms with van der Waals surface area (Å²) in [5.41, 5.74) is 1.06. The van der Waals surface area contributed by atoms with Gasteiger partial charge in [0.2, 0.25) is 0 Å². The molecule has 0 atom stereocenters. The van der Waals surface area contributed by atoms with Gasteiger partial charge in [0.1, 0.15) is 0 Å². The van der Waals surface area contributed by atoms with Crippen LogP contribution in [-0.4, -0.2) is 14.9 Å². The quantitative estimate of drug-likeness (QED) is 0.451. The van der Waals surface area contributed by atoms with Gasteiger partial charge in [0.15, 0.2) is 5.82 Å². The van der Waals surface area contributed by atoms with E-state index in [4.69, 9.17) is 0 Å². The molecule has 0 radical (unpaired) electrons. The van der Waals surface area contributed by atoms with Crippen LogP contribution >= 0.6 is 12.2 Å². The standard InChI is InChI=1S/C6H7N3S/c1-5-3-6(7-4-10)8-9(5)2/h3H,1-2H3. The molecule has 1 rings (SSSR count). The number of rotatable bonds is 1. The lowest BCUT2D eigenvalue weighted by atomic mass is 10.5. The molecule has 0 unspecified atom stereocenters. The fourth-order valence-electron chi connectivity index (χ4n) is 0.643. The lowest BCUT2D eigenvalue weighted by Gasteiger charge is -1.87. The Balaban J connectivity index is 3.09. The average molecular weight is 153 g/mol. The van der Waals surface area contributed by atoms with Crippen molar-refractivity contribution in [1.82, 2.24) is 9.78 Å². The molecule has 0 bridgehead atoms. The first-order valence-corrected chi connectivity index (χ1v) is 3.23. The number of hydrogen-bond donors (Lipinski definition) is 0. The molecular formula is C6H7N3S. The Morgan fingerprint density at radius 1 is 1.80 bits per heavy atom. The highest BCUT2D eigenvalue weighted by molar-refractivity contribution is 7.78. The molecule has 0 aromatic carbocycles. The van der Waals surface area contributed by atoms with Gasteiger partial charge in [-0.1, -0.05) is 0 Å². The van der Waals surface area contributed by atoms with Crippen molar-refractivity contribution >= 4 is 23.2 Å². The van der Waals surface area contributed by atoms with Gasteiger partial charge in [0.05, 0.1) is 5.16 Å². The van der Waals surface area contributed by atoms with E-state index < -0.39 is 0 Å². The summed E-state index contributed by atoms with van der Waals surface area (Å²) in [5, 5.41) is 6.28. The van der Waals surface area contributed by atoms with Crippen molar-refractivity contribution in [3.8, 4) is 0 Å². The van der Waals surface area contributed by atoms with Crippen LogP contribution in [0.1, 0.15) is 5.69 Å². The van der Waals surface area contributed by atoms with Crippen molar-refractivity contribution in [1.29, 1.82) is 0 Å². The van der Waals surface area contributed by atoms with E-state index in [1.54, 1.807) is 4.68 Å². The van der Waals surface area contributed by atoms with Crippen LogP contribution in [-0.2, 0) is 7.05 Å². The van der Waals surface area contributed by atoms with Crippen LogP contribution in [0, 0.1) is 6.92 Å². The highest BCUT2D eigenvalue weighted by Gasteiger charge is 1.96. The summed E-state index contributed by atoms with van der Waals surface area (Å²) in [6, 6.07) is 1.85. The summed E-state index contributed by atoms with van der Waals surface area (Å²) >= 11 is 4.42. The molecule has 0 spiro atoms. The molecule has 1 aromatic heterocycles. The molecule has 0 amide bonds. The highest BCUT2D eigenvalue weighted by Crippen LogP contribution is 2.08. The first-order chi connectivity index (χ1) is 4.74. The number of aliphatic imine (C=N–C) groups is 1. The predicted octanol–water partition coefficient (Wildman–Crippen LogP) is 1.46. The van der Waals surface area contributed by atoms with Gasteiger partial charge in [0, 0.05) is 18.8 Å². The summed E-state index contributed by atoms with van der Waals surface area (Å²) < 4.78 is 1.74. The van der Waals surface area contributed by atoms with Crippen LogP contribution in [0.3, 0.4) is 0 Å². The van der Waals surface area contributed by atoms with E-state index in [1.807, 2.05) is 20.0 Å². The third-order valence-electron chi connectivity index (χ3n) is 1.26. The normalized spacial score (nSPS) is 9.00. The number of aryl methyl sites for hydroxylation is 2. The van der Waals surface area contributed by atoms with Crippen LogP contribution in [0.25, 0.3) is 0 Å². The van der Waals surface area contributed by atoms with E-state index in [2.05, 4.69) is 27.5 Å². The van der Waals surface area contributed by atoms with Gasteiger partial charge >= 0.3 is 0 Å². The lowest BCUT2D eigenvalue weighted by Crippen LogP contribution is -1.90. The smallest absolute Gasteiger partial charge is 0.184 e. The second-order valence-electron chi connectivity index (χ2n) is 1.97. The van der Waals surface area contributed by atoms with E-state index >= 15 is 0 Å². The van der Waals surface area contributed by atoms with Gasteiger partial charge in [-0.05, 0) is 19.1 Å². The molecule has 0 saturated heterocycles. The zero-order valence-corrected chi connectivity index (χ0v) is 6.64. The van der Waals surface area contributed by atoms with Gasteiger partial charge in [-0.25, -0.2) is 0 Å². The molecule has 1 aromatic rings. The molecule has 0 aliphatic heterocycles. The minimum Gasteiger partial charge on any atom is -0.271 e. The zero-order valence-electron chi connectivity index (χ0n) is 5.83. The Morgan fingerprint density at radius 3 is 2.90 bits per heavy atom. The summed E-state index contributed by atoms with van der Waals surface area (Å²) in [5.74, 6) is 0.620. The monoisotopic (exact) mass is 153 g/mol. The van der Waals surface area contributed by atoms with Gasteiger partial charge in [-0.3, -0.25) is 4.68 Å². The van der Waals surface area contributed by atoms with Gasteiger partial charge < -0.3 is 0 Å². The molecule has 0 aliphatic carbocycles. The van der Waals surface area contributed by atoms with Crippen molar-refractivity contribution in [2.24, 2.45) is 12.0 Å². The maximum Gasteiger partial charge on any atom is 0.184 e. The Hall–Kier alpha value is -0.990.